The van der Waals surface area contributed by atoms with Crippen molar-refractivity contribution in [2.45, 2.75) is 75.9 Å². The maximum atomic E-state index is 14.3. The van der Waals surface area contributed by atoms with E-state index in [-0.39, 0.29) is 29.1 Å². The predicted octanol–water partition coefficient (Wildman–Crippen LogP) is 7.41. The fraction of sp³-hybridized carbons (Fsp3) is 0.375. The van der Waals surface area contributed by atoms with Crippen molar-refractivity contribution < 1.29 is 18.0 Å². The molecule has 0 aromatic heterocycles. The number of carbonyl (C=O) groups excluding carboxylic acids is 2. The molecule has 1 saturated carbocycles. The minimum Gasteiger partial charge on any atom is -0.352 e. The summed E-state index contributed by atoms with van der Waals surface area (Å²) in [4.78, 5) is 29.4. The first kappa shape index (κ1) is 33.1. The largest absolute Gasteiger partial charge is 0.352 e. The lowest BCUT2D eigenvalue weighted by molar-refractivity contribution is -0.140. The lowest BCUT2D eigenvalue weighted by atomic mass is 9.95. The molecule has 7 nitrogen and oxygen atoms in total. The Hall–Kier alpha value is -2.78. The molecule has 0 bridgehead atoms. The summed E-state index contributed by atoms with van der Waals surface area (Å²) in [5.74, 6) is -0.810. The number of nitrogens with one attached hydrogen (secondary N) is 1. The van der Waals surface area contributed by atoms with Crippen LogP contribution in [0.2, 0.25) is 15.1 Å². The number of halogens is 3. The van der Waals surface area contributed by atoms with Gasteiger partial charge in [-0.25, -0.2) is 8.42 Å². The third kappa shape index (κ3) is 8.04. The first-order valence-corrected chi connectivity index (χ1v) is 17.0. The van der Waals surface area contributed by atoms with Crippen LogP contribution in [0.5, 0.6) is 0 Å². The van der Waals surface area contributed by atoms with Crippen LogP contribution in [0.1, 0.15) is 56.6 Å². The number of rotatable bonds is 11. The predicted molar refractivity (Wildman–Crippen MR) is 173 cm³/mol. The lowest BCUT2D eigenvalue weighted by Gasteiger charge is -2.35. The van der Waals surface area contributed by atoms with Crippen molar-refractivity contribution in [3.05, 3.63) is 92.9 Å². The van der Waals surface area contributed by atoms with Crippen LogP contribution in [0.4, 0.5) is 5.69 Å². The Morgan fingerprint density at radius 2 is 1.60 bits per heavy atom. The zero-order chi connectivity index (χ0) is 31.1. The maximum Gasteiger partial charge on any atom is 0.264 e. The van der Waals surface area contributed by atoms with Crippen LogP contribution in [0.15, 0.2) is 71.6 Å². The zero-order valence-corrected chi connectivity index (χ0v) is 27.3. The van der Waals surface area contributed by atoms with Gasteiger partial charge in [0.15, 0.2) is 0 Å². The van der Waals surface area contributed by atoms with E-state index in [0.29, 0.717) is 32.6 Å². The number of sulfonamides is 1. The van der Waals surface area contributed by atoms with Gasteiger partial charge in [-0.2, -0.15) is 0 Å². The van der Waals surface area contributed by atoms with E-state index in [1.807, 2.05) is 6.92 Å². The summed E-state index contributed by atoms with van der Waals surface area (Å²) in [6, 6.07) is 17.1. The summed E-state index contributed by atoms with van der Waals surface area (Å²) in [6.45, 7) is 3.02. The molecule has 1 N–H and O–H groups in total. The van der Waals surface area contributed by atoms with Gasteiger partial charge < -0.3 is 10.2 Å². The molecule has 2 amide bonds. The summed E-state index contributed by atoms with van der Waals surface area (Å²) in [6.07, 6.45) is 5.32. The van der Waals surface area contributed by atoms with E-state index in [4.69, 9.17) is 34.8 Å². The minimum absolute atomic E-state index is 0.0278. The molecule has 0 aliphatic heterocycles. The van der Waals surface area contributed by atoms with E-state index in [9.17, 15) is 18.0 Å². The van der Waals surface area contributed by atoms with Crippen molar-refractivity contribution in [1.82, 2.24) is 10.2 Å². The Morgan fingerprint density at radius 1 is 0.907 bits per heavy atom. The molecule has 1 atom stereocenters. The molecular weight excluding hydrogens is 629 g/mol. The molecular formula is C32H36Cl3N3O4S. The molecule has 0 heterocycles. The molecule has 1 aliphatic rings. The van der Waals surface area contributed by atoms with E-state index >= 15 is 0 Å². The van der Waals surface area contributed by atoms with Crippen LogP contribution in [0, 0.1) is 6.92 Å². The third-order valence-electron chi connectivity index (χ3n) is 7.79. The quantitative estimate of drug-likeness (QED) is 0.231. The standard InChI is InChI=1S/C32H36Cl3N3O4S/c1-3-29(32(40)36-24-11-6-4-7-12-24)37(20-23-17-18-27(34)28(35)19-23)31(39)21-38(30-16-10-15-26(33)22(30)2)43(41,42)25-13-8-5-9-14-25/h5,8-10,13-19,24,29H,3-4,6-7,11-12,20-21H2,1-2H3,(H,36,40)/t29-/m0/s1. The van der Waals surface area contributed by atoms with Gasteiger partial charge in [0, 0.05) is 17.6 Å². The number of carbonyl (C=O) groups is 2. The van der Waals surface area contributed by atoms with Crippen LogP contribution in [-0.4, -0.2) is 43.8 Å². The molecule has 43 heavy (non-hydrogen) atoms. The minimum atomic E-state index is -4.19. The van der Waals surface area contributed by atoms with Gasteiger partial charge in [0.05, 0.1) is 20.6 Å². The number of hydrogen-bond donors (Lipinski definition) is 1. The first-order valence-electron chi connectivity index (χ1n) is 14.4. The average molecular weight is 665 g/mol. The monoisotopic (exact) mass is 663 g/mol. The first-order chi connectivity index (χ1) is 20.5. The smallest absolute Gasteiger partial charge is 0.264 e. The molecule has 230 valence electrons. The van der Waals surface area contributed by atoms with E-state index in [1.54, 1.807) is 61.5 Å². The van der Waals surface area contributed by atoms with E-state index < -0.39 is 28.5 Å². The van der Waals surface area contributed by atoms with Gasteiger partial charge >= 0.3 is 0 Å². The fourth-order valence-corrected chi connectivity index (χ4v) is 7.38. The Morgan fingerprint density at radius 3 is 2.26 bits per heavy atom. The Labute approximate surface area is 269 Å². The number of amides is 2. The van der Waals surface area contributed by atoms with Crippen LogP contribution in [-0.2, 0) is 26.2 Å². The highest BCUT2D eigenvalue weighted by molar-refractivity contribution is 7.92. The Balaban J connectivity index is 1.74. The molecule has 4 rings (SSSR count). The van der Waals surface area contributed by atoms with Crippen molar-refractivity contribution in [3.63, 3.8) is 0 Å². The van der Waals surface area contributed by atoms with Crippen LogP contribution >= 0.6 is 34.8 Å². The SMILES string of the molecule is CC[C@@H](C(=O)NC1CCCCC1)N(Cc1ccc(Cl)c(Cl)c1)C(=O)CN(c1cccc(Cl)c1C)S(=O)(=O)c1ccccc1. The number of benzene rings is 3. The van der Waals surface area contributed by atoms with Crippen LogP contribution in [0.3, 0.4) is 0 Å². The summed E-state index contributed by atoms with van der Waals surface area (Å²) in [7, 11) is -4.19. The van der Waals surface area contributed by atoms with Gasteiger partial charge in [-0.05, 0) is 73.7 Å². The second-order valence-electron chi connectivity index (χ2n) is 10.7. The molecule has 0 radical (unpaired) electrons. The van der Waals surface area contributed by atoms with Gasteiger partial charge in [0.25, 0.3) is 10.0 Å². The van der Waals surface area contributed by atoms with Gasteiger partial charge in [-0.3, -0.25) is 13.9 Å². The average Bonchev–Trinajstić information content (AvgIpc) is 3.00. The Kier molecular flexibility index (Phi) is 11.4. The summed E-state index contributed by atoms with van der Waals surface area (Å²) >= 11 is 18.8. The van der Waals surface area contributed by atoms with Crippen molar-refractivity contribution in [2.75, 3.05) is 10.8 Å². The highest BCUT2D eigenvalue weighted by Crippen LogP contribution is 2.32. The summed E-state index contributed by atoms with van der Waals surface area (Å²) < 4.78 is 29.1. The highest BCUT2D eigenvalue weighted by atomic mass is 35.5. The topological polar surface area (TPSA) is 86.8 Å². The summed E-state index contributed by atoms with van der Waals surface area (Å²) in [5, 5.41) is 4.18. The van der Waals surface area contributed by atoms with Crippen molar-refractivity contribution in [2.24, 2.45) is 0 Å². The van der Waals surface area contributed by atoms with Gasteiger partial charge in [0.2, 0.25) is 11.8 Å². The summed E-state index contributed by atoms with van der Waals surface area (Å²) in [5.41, 5.74) is 1.44. The van der Waals surface area contributed by atoms with E-state index in [2.05, 4.69) is 5.32 Å². The molecule has 0 unspecified atom stereocenters. The van der Waals surface area contributed by atoms with Gasteiger partial charge in [-0.1, -0.05) is 91.3 Å². The zero-order valence-electron chi connectivity index (χ0n) is 24.2. The second kappa shape index (κ2) is 14.8. The van der Waals surface area contributed by atoms with Crippen LogP contribution < -0.4 is 9.62 Å². The number of anilines is 1. The van der Waals surface area contributed by atoms with Crippen molar-refractivity contribution in [1.29, 1.82) is 0 Å². The molecule has 3 aromatic carbocycles. The normalized spacial score (nSPS) is 14.6. The van der Waals surface area contributed by atoms with E-state index in [1.165, 1.54) is 17.0 Å². The Bertz CT molecular complexity index is 1550. The fourth-order valence-electron chi connectivity index (χ4n) is 5.40. The van der Waals surface area contributed by atoms with Crippen LogP contribution in [0.25, 0.3) is 0 Å². The highest BCUT2D eigenvalue weighted by Gasteiger charge is 2.35. The molecule has 3 aromatic rings. The van der Waals surface area contributed by atoms with Gasteiger partial charge in [-0.15, -0.1) is 0 Å². The number of nitrogens with zero attached hydrogens (tertiary/aromatic N) is 2. The molecule has 11 heteroatoms. The molecule has 0 spiro atoms. The molecule has 1 aliphatic carbocycles. The van der Waals surface area contributed by atoms with Crippen molar-refractivity contribution >= 4 is 62.3 Å². The second-order valence-corrected chi connectivity index (χ2v) is 13.8. The molecule has 0 saturated heterocycles. The molecule has 1 fully saturated rings. The lowest BCUT2D eigenvalue weighted by Crippen LogP contribution is -2.54. The maximum absolute atomic E-state index is 14.3. The third-order valence-corrected chi connectivity index (χ3v) is 10.7. The van der Waals surface area contributed by atoms with Gasteiger partial charge in [0.1, 0.15) is 12.6 Å². The van der Waals surface area contributed by atoms with E-state index in [0.717, 1.165) is 36.4 Å². The number of hydrogen-bond acceptors (Lipinski definition) is 4. The van der Waals surface area contributed by atoms with Crippen molar-refractivity contribution in [3.8, 4) is 0 Å².